The number of methoxy groups -OCH3 is 1. The molecule has 1 aliphatic heterocycles. The Morgan fingerprint density at radius 3 is 2.65 bits per heavy atom. The van der Waals surface area contributed by atoms with Gasteiger partial charge >= 0.3 is 5.97 Å². The van der Waals surface area contributed by atoms with Gasteiger partial charge in [0.1, 0.15) is 4.21 Å². The van der Waals surface area contributed by atoms with E-state index in [0.29, 0.717) is 30.8 Å². The standard InChI is InChI=1S/C12H17NO5S2/c1-18-9-4-6-13(7-5-9)20(16,17)12-3-2-10(19-12)8-11(14)15/h2-3,9H,4-8H2,1H3,(H,14,15). The van der Waals surface area contributed by atoms with Gasteiger partial charge in [-0.2, -0.15) is 4.31 Å². The summed E-state index contributed by atoms with van der Waals surface area (Å²) in [6.45, 7) is 0.875. The normalized spacial score (nSPS) is 18.2. The largest absolute Gasteiger partial charge is 0.481 e. The molecule has 0 amide bonds. The third kappa shape index (κ3) is 3.38. The van der Waals surface area contributed by atoms with E-state index in [1.807, 2.05) is 0 Å². The topological polar surface area (TPSA) is 83.9 Å². The summed E-state index contributed by atoms with van der Waals surface area (Å²) in [7, 11) is -1.87. The number of thiophene rings is 1. The minimum atomic E-state index is -3.51. The molecule has 0 bridgehead atoms. The van der Waals surface area contributed by atoms with Gasteiger partial charge in [0.05, 0.1) is 12.5 Å². The third-order valence-electron chi connectivity index (χ3n) is 3.29. The Morgan fingerprint density at radius 2 is 2.10 bits per heavy atom. The highest BCUT2D eigenvalue weighted by Gasteiger charge is 2.30. The number of rotatable bonds is 5. The van der Waals surface area contributed by atoms with Crippen LogP contribution in [0.1, 0.15) is 17.7 Å². The third-order valence-corrected chi connectivity index (χ3v) is 6.74. The van der Waals surface area contributed by atoms with Crippen LogP contribution in [0.15, 0.2) is 16.3 Å². The number of carboxylic acids is 1. The fourth-order valence-electron chi connectivity index (χ4n) is 2.18. The highest BCUT2D eigenvalue weighted by molar-refractivity contribution is 7.91. The maximum absolute atomic E-state index is 12.4. The van der Waals surface area contributed by atoms with E-state index in [4.69, 9.17) is 9.84 Å². The fraction of sp³-hybridized carbons (Fsp3) is 0.583. The molecule has 2 heterocycles. The average Bonchev–Trinajstić information content (AvgIpc) is 2.87. The van der Waals surface area contributed by atoms with Crippen LogP contribution in [0.3, 0.4) is 0 Å². The SMILES string of the molecule is COC1CCN(S(=O)(=O)c2ccc(CC(=O)O)s2)CC1. The minimum Gasteiger partial charge on any atom is -0.481 e. The average molecular weight is 319 g/mol. The Balaban J connectivity index is 2.10. The molecule has 0 radical (unpaired) electrons. The number of hydrogen-bond acceptors (Lipinski definition) is 5. The molecule has 1 saturated heterocycles. The van der Waals surface area contributed by atoms with Crippen molar-refractivity contribution in [2.75, 3.05) is 20.2 Å². The molecule has 1 fully saturated rings. The molecule has 0 saturated carbocycles. The van der Waals surface area contributed by atoms with Gasteiger partial charge in [0.2, 0.25) is 0 Å². The first kappa shape index (κ1) is 15.4. The molecule has 8 heteroatoms. The van der Waals surface area contributed by atoms with Crippen molar-refractivity contribution in [2.45, 2.75) is 29.6 Å². The quantitative estimate of drug-likeness (QED) is 0.881. The number of piperidine rings is 1. The molecular formula is C12H17NO5S2. The highest BCUT2D eigenvalue weighted by atomic mass is 32.2. The molecule has 1 aromatic rings. The van der Waals surface area contributed by atoms with Crippen molar-refractivity contribution in [3.63, 3.8) is 0 Å². The lowest BCUT2D eigenvalue weighted by Crippen LogP contribution is -2.40. The molecule has 1 N–H and O–H groups in total. The molecule has 112 valence electrons. The molecule has 2 rings (SSSR count). The zero-order chi connectivity index (χ0) is 14.8. The van der Waals surface area contributed by atoms with Crippen LogP contribution in [0.2, 0.25) is 0 Å². The van der Waals surface area contributed by atoms with E-state index < -0.39 is 16.0 Å². The molecule has 0 atom stereocenters. The molecule has 1 aromatic heterocycles. The molecular weight excluding hydrogens is 302 g/mol. The fourth-order valence-corrected chi connectivity index (χ4v) is 5.15. The van der Waals surface area contributed by atoms with Gasteiger partial charge in [0.25, 0.3) is 10.0 Å². The van der Waals surface area contributed by atoms with Crippen molar-refractivity contribution in [1.82, 2.24) is 4.31 Å². The molecule has 0 unspecified atom stereocenters. The molecule has 0 aromatic carbocycles. The molecule has 6 nitrogen and oxygen atoms in total. The van der Waals surface area contributed by atoms with Crippen LogP contribution in [-0.2, 0) is 26.0 Å². The van der Waals surface area contributed by atoms with Gasteiger partial charge in [0, 0.05) is 25.1 Å². The second-order valence-corrected chi connectivity index (χ2v) is 7.96. The number of hydrogen-bond donors (Lipinski definition) is 1. The van der Waals surface area contributed by atoms with Gasteiger partial charge in [-0.15, -0.1) is 11.3 Å². The van der Waals surface area contributed by atoms with Crippen LogP contribution in [0.5, 0.6) is 0 Å². The van der Waals surface area contributed by atoms with Crippen LogP contribution in [0.4, 0.5) is 0 Å². The van der Waals surface area contributed by atoms with Crippen LogP contribution in [0.25, 0.3) is 0 Å². The summed E-state index contributed by atoms with van der Waals surface area (Å²) in [4.78, 5) is 11.2. The summed E-state index contributed by atoms with van der Waals surface area (Å²) in [6, 6.07) is 3.05. The second kappa shape index (κ2) is 6.21. The van der Waals surface area contributed by atoms with Crippen LogP contribution >= 0.6 is 11.3 Å². The summed E-state index contributed by atoms with van der Waals surface area (Å²) >= 11 is 1.03. The Bertz CT molecular complexity index is 572. The number of carbonyl (C=O) groups is 1. The van der Waals surface area contributed by atoms with Gasteiger partial charge in [-0.1, -0.05) is 0 Å². The Labute approximate surface area is 122 Å². The summed E-state index contributed by atoms with van der Waals surface area (Å²) in [5, 5.41) is 8.72. The van der Waals surface area contributed by atoms with E-state index in [1.165, 1.54) is 10.4 Å². The summed E-state index contributed by atoms with van der Waals surface area (Å²) in [5.74, 6) is -0.961. The van der Waals surface area contributed by atoms with E-state index in [1.54, 1.807) is 13.2 Å². The lowest BCUT2D eigenvalue weighted by molar-refractivity contribution is -0.136. The number of carboxylic acid groups (broad SMARTS) is 1. The minimum absolute atomic E-state index is 0.118. The summed E-state index contributed by atoms with van der Waals surface area (Å²) < 4.78 is 31.7. The first-order valence-electron chi connectivity index (χ1n) is 6.27. The smallest absolute Gasteiger partial charge is 0.308 e. The lowest BCUT2D eigenvalue weighted by Gasteiger charge is -2.29. The second-order valence-electron chi connectivity index (χ2n) is 4.63. The molecule has 20 heavy (non-hydrogen) atoms. The number of nitrogens with zero attached hydrogens (tertiary/aromatic N) is 1. The maximum Gasteiger partial charge on any atom is 0.308 e. The number of ether oxygens (including phenoxy) is 1. The van der Waals surface area contributed by atoms with Gasteiger partial charge in [-0.05, 0) is 25.0 Å². The Hall–Kier alpha value is -0.960. The van der Waals surface area contributed by atoms with Crippen LogP contribution in [-0.4, -0.2) is 50.1 Å². The van der Waals surface area contributed by atoms with Crippen molar-refractivity contribution in [3.05, 3.63) is 17.0 Å². The van der Waals surface area contributed by atoms with Crippen molar-refractivity contribution >= 4 is 27.3 Å². The summed E-state index contributed by atoms with van der Waals surface area (Å²) in [5.41, 5.74) is 0. The number of sulfonamides is 1. The van der Waals surface area contributed by atoms with Gasteiger partial charge in [0.15, 0.2) is 0 Å². The highest BCUT2D eigenvalue weighted by Crippen LogP contribution is 2.27. The van der Waals surface area contributed by atoms with E-state index in [9.17, 15) is 13.2 Å². The van der Waals surface area contributed by atoms with Crippen molar-refractivity contribution in [3.8, 4) is 0 Å². The monoisotopic (exact) mass is 319 g/mol. The maximum atomic E-state index is 12.4. The van der Waals surface area contributed by atoms with Gasteiger partial charge in [-0.25, -0.2) is 8.42 Å². The van der Waals surface area contributed by atoms with E-state index in [2.05, 4.69) is 0 Å². The van der Waals surface area contributed by atoms with Crippen molar-refractivity contribution in [2.24, 2.45) is 0 Å². The number of aliphatic carboxylic acids is 1. The molecule has 0 spiro atoms. The predicted molar refractivity (Wildman–Crippen MR) is 74.4 cm³/mol. The zero-order valence-corrected chi connectivity index (χ0v) is 12.7. The van der Waals surface area contributed by atoms with Gasteiger partial charge < -0.3 is 9.84 Å². The van der Waals surface area contributed by atoms with Crippen LogP contribution < -0.4 is 0 Å². The summed E-state index contributed by atoms with van der Waals surface area (Å²) in [6.07, 6.45) is 1.34. The Kier molecular flexibility index (Phi) is 4.79. The first-order chi connectivity index (χ1) is 9.43. The van der Waals surface area contributed by atoms with E-state index in [0.717, 1.165) is 11.3 Å². The van der Waals surface area contributed by atoms with Gasteiger partial charge in [-0.3, -0.25) is 4.79 Å². The lowest BCUT2D eigenvalue weighted by atomic mass is 10.1. The Morgan fingerprint density at radius 1 is 1.45 bits per heavy atom. The molecule has 1 aliphatic rings. The van der Waals surface area contributed by atoms with Crippen molar-refractivity contribution < 1.29 is 23.1 Å². The first-order valence-corrected chi connectivity index (χ1v) is 8.52. The zero-order valence-electron chi connectivity index (χ0n) is 11.1. The van der Waals surface area contributed by atoms with Crippen LogP contribution in [0, 0.1) is 0 Å². The molecule has 0 aliphatic carbocycles. The van der Waals surface area contributed by atoms with E-state index >= 15 is 0 Å². The van der Waals surface area contributed by atoms with Crippen molar-refractivity contribution in [1.29, 1.82) is 0 Å². The van der Waals surface area contributed by atoms with E-state index in [-0.39, 0.29) is 16.7 Å². The predicted octanol–water partition coefficient (Wildman–Crippen LogP) is 1.17.